The third-order valence-electron chi connectivity index (χ3n) is 3.76. The van der Waals surface area contributed by atoms with Crippen LogP contribution in [0.5, 0.6) is 11.5 Å². The Morgan fingerprint density at radius 1 is 1.10 bits per heavy atom. The smallest absolute Gasteiger partial charge is 0.289 e. The van der Waals surface area contributed by atoms with E-state index in [-0.39, 0.29) is 12.3 Å². The van der Waals surface area contributed by atoms with E-state index in [1.54, 1.807) is 29.6 Å². The van der Waals surface area contributed by atoms with Crippen LogP contribution in [0.25, 0.3) is 0 Å². The van der Waals surface area contributed by atoms with Crippen molar-refractivity contribution >= 4 is 34.8 Å². The predicted molar refractivity (Wildman–Crippen MR) is 110 cm³/mol. The standard InChI is InChI=1S/C20H17ClFN3O4S/c1-12(29-16-8-4-14(22)5-9-16)19(26)24-25-20(27)17-11-30-18(23-17)10-28-15-6-2-13(21)3-7-15/h2-9,11-12H,10H2,1H3,(H,24,26)(H,25,27). The quantitative estimate of drug-likeness (QED) is 0.536. The first-order valence-corrected chi connectivity index (χ1v) is 10.0. The number of halogens is 2. The average Bonchev–Trinajstić information content (AvgIpc) is 3.22. The molecule has 0 radical (unpaired) electrons. The summed E-state index contributed by atoms with van der Waals surface area (Å²) in [6, 6.07) is 12.1. The molecule has 30 heavy (non-hydrogen) atoms. The van der Waals surface area contributed by atoms with E-state index in [0.717, 1.165) is 0 Å². The van der Waals surface area contributed by atoms with E-state index in [1.807, 2.05) is 0 Å². The number of hydrazine groups is 1. The van der Waals surface area contributed by atoms with Crippen molar-refractivity contribution in [2.75, 3.05) is 0 Å². The summed E-state index contributed by atoms with van der Waals surface area (Å²) in [5.74, 6) is -0.605. The van der Waals surface area contributed by atoms with Crippen LogP contribution in [0.4, 0.5) is 4.39 Å². The first-order chi connectivity index (χ1) is 14.4. The summed E-state index contributed by atoms with van der Waals surface area (Å²) in [6.45, 7) is 1.69. The molecule has 0 aliphatic rings. The molecule has 0 aliphatic carbocycles. The van der Waals surface area contributed by atoms with Crippen LogP contribution in [0.1, 0.15) is 22.4 Å². The van der Waals surface area contributed by atoms with E-state index in [1.165, 1.54) is 42.5 Å². The minimum atomic E-state index is -0.908. The number of carbonyl (C=O) groups excluding carboxylic acids is 2. The van der Waals surface area contributed by atoms with Gasteiger partial charge in [0.2, 0.25) is 0 Å². The Balaban J connectivity index is 1.45. The molecule has 1 atom stereocenters. The van der Waals surface area contributed by atoms with Gasteiger partial charge < -0.3 is 9.47 Å². The van der Waals surface area contributed by atoms with Crippen LogP contribution in [-0.4, -0.2) is 22.9 Å². The minimum Gasteiger partial charge on any atom is -0.486 e. The second-order valence-corrected chi connectivity index (χ2v) is 7.41. The fourth-order valence-electron chi connectivity index (χ4n) is 2.21. The molecule has 2 aromatic carbocycles. The van der Waals surface area contributed by atoms with Crippen molar-refractivity contribution in [3.05, 3.63) is 75.5 Å². The summed E-state index contributed by atoms with van der Waals surface area (Å²) < 4.78 is 23.9. The molecule has 0 fully saturated rings. The first kappa shape index (κ1) is 21.5. The van der Waals surface area contributed by atoms with E-state index >= 15 is 0 Å². The van der Waals surface area contributed by atoms with Gasteiger partial charge in [0.1, 0.15) is 34.6 Å². The Labute approximate surface area is 180 Å². The Kier molecular flexibility index (Phi) is 7.21. The molecule has 0 spiro atoms. The minimum absolute atomic E-state index is 0.141. The maximum atomic E-state index is 12.9. The molecule has 10 heteroatoms. The average molecular weight is 450 g/mol. The maximum absolute atomic E-state index is 12.9. The number of nitrogens with zero attached hydrogens (tertiary/aromatic N) is 1. The van der Waals surface area contributed by atoms with Crippen molar-refractivity contribution in [2.24, 2.45) is 0 Å². The molecule has 2 N–H and O–H groups in total. The van der Waals surface area contributed by atoms with Gasteiger partial charge in [0, 0.05) is 10.4 Å². The summed E-state index contributed by atoms with van der Waals surface area (Å²) >= 11 is 7.08. The monoisotopic (exact) mass is 449 g/mol. The Bertz CT molecular complexity index is 1010. The fraction of sp³-hybridized carbons (Fsp3) is 0.150. The highest BCUT2D eigenvalue weighted by molar-refractivity contribution is 7.09. The number of amides is 2. The van der Waals surface area contributed by atoms with Gasteiger partial charge in [-0.3, -0.25) is 20.4 Å². The molecule has 1 aromatic heterocycles. The van der Waals surface area contributed by atoms with E-state index < -0.39 is 23.7 Å². The molecule has 3 aromatic rings. The van der Waals surface area contributed by atoms with Crippen molar-refractivity contribution in [1.29, 1.82) is 0 Å². The van der Waals surface area contributed by atoms with Crippen molar-refractivity contribution < 1.29 is 23.5 Å². The number of hydrogen-bond acceptors (Lipinski definition) is 6. The number of ether oxygens (including phenoxy) is 2. The topological polar surface area (TPSA) is 89.6 Å². The van der Waals surface area contributed by atoms with Crippen LogP contribution in [-0.2, 0) is 11.4 Å². The molecule has 1 heterocycles. The van der Waals surface area contributed by atoms with Crippen LogP contribution in [0.15, 0.2) is 53.9 Å². The van der Waals surface area contributed by atoms with Crippen molar-refractivity contribution in [2.45, 2.75) is 19.6 Å². The number of carbonyl (C=O) groups is 2. The zero-order valence-corrected chi connectivity index (χ0v) is 17.3. The maximum Gasteiger partial charge on any atom is 0.289 e. The summed E-state index contributed by atoms with van der Waals surface area (Å²) in [6.07, 6.45) is -0.908. The zero-order valence-electron chi connectivity index (χ0n) is 15.7. The van der Waals surface area contributed by atoms with Crippen LogP contribution in [0, 0.1) is 5.82 Å². The normalized spacial score (nSPS) is 11.4. The number of aromatic nitrogens is 1. The Hall–Kier alpha value is -3.17. The van der Waals surface area contributed by atoms with Gasteiger partial charge in [0.15, 0.2) is 6.10 Å². The van der Waals surface area contributed by atoms with Gasteiger partial charge in [-0.1, -0.05) is 11.6 Å². The van der Waals surface area contributed by atoms with Crippen LogP contribution in [0.2, 0.25) is 5.02 Å². The number of thiazole rings is 1. The highest BCUT2D eigenvalue weighted by Crippen LogP contribution is 2.18. The van der Waals surface area contributed by atoms with E-state index in [2.05, 4.69) is 15.8 Å². The second-order valence-electron chi connectivity index (χ2n) is 6.03. The lowest BCUT2D eigenvalue weighted by atomic mass is 10.3. The lowest BCUT2D eigenvalue weighted by Crippen LogP contribution is -2.47. The van der Waals surface area contributed by atoms with Crippen LogP contribution < -0.4 is 20.3 Å². The summed E-state index contributed by atoms with van der Waals surface area (Å²) in [4.78, 5) is 28.4. The number of rotatable bonds is 7. The van der Waals surface area contributed by atoms with Crippen LogP contribution in [0.3, 0.4) is 0 Å². The molecule has 1 unspecified atom stereocenters. The third-order valence-corrected chi connectivity index (χ3v) is 4.83. The Morgan fingerprint density at radius 2 is 1.77 bits per heavy atom. The largest absolute Gasteiger partial charge is 0.486 e. The van der Waals surface area contributed by atoms with Gasteiger partial charge in [0.25, 0.3) is 11.8 Å². The number of nitrogens with one attached hydrogen (secondary N) is 2. The van der Waals surface area contributed by atoms with Gasteiger partial charge in [-0.05, 0) is 55.5 Å². The molecule has 156 valence electrons. The molecular weight excluding hydrogens is 433 g/mol. The number of hydrogen-bond donors (Lipinski definition) is 2. The predicted octanol–water partition coefficient (Wildman–Crippen LogP) is 3.74. The fourth-order valence-corrected chi connectivity index (χ4v) is 3.02. The molecule has 0 saturated heterocycles. The van der Waals surface area contributed by atoms with Gasteiger partial charge in [-0.15, -0.1) is 11.3 Å². The lowest BCUT2D eigenvalue weighted by Gasteiger charge is -2.14. The molecule has 0 aliphatic heterocycles. The van der Waals surface area contributed by atoms with Crippen molar-refractivity contribution in [3.63, 3.8) is 0 Å². The molecular formula is C20H17ClFN3O4S. The first-order valence-electron chi connectivity index (χ1n) is 8.76. The molecule has 3 rings (SSSR count). The lowest BCUT2D eigenvalue weighted by molar-refractivity contribution is -0.128. The highest BCUT2D eigenvalue weighted by Gasteiger charge is 2.17. The van der Waals surface area contributed by atoms with E-state index in [4.69, 9.17) is 21.1 Å². The zero-order chi connectivity index (χ0) is 21.5. The SMILES string of the molecule is CC(Oc1ccc(F)cc1)C(=O)NNC(=O)c1csc(COc2ccc(Cl)cc2)n1. The molecule has 0 bridgehead atoms. The van der Waals surface area contributed by atoms with Gasteiger partial charge in [0.05, 0.1) is 0 Å². The third kappa shape index (κ3) is 6.16. The molecule has 0 saturated carbocycles. The van der Waals surface area contributed by atoms with Gasteiger partial charge in [-0.2, -0.15) is 0 Å². The van der Waals surface area contributed by atoms with Crippen molar-refractivity contribution in [3.8, 4) is 11.5 Å². The van der Waals surface area contributed by atoms with E-state index in [0.29, 0.717) is 21.5 Å². The number of benzene rings is 2. The van der Waals surface area contributed by atoms with Gasteiger partial charge >= 0.3 is 0 Å². The molecule has 7 nitrogen and oxygen atoms in total. The molecule has 2 amide bonds. The summed E-state index contributed by atoms with van der Waals surface area (Å²) in [7, 11) is 0. The van der Waals surface area contributed by atoms with E-state index in [9.17, 15) is 14.0 Å². The Morgan fingerprint density at radius 3 is 2.47 bits per heavy atom. The summed E-state index contributed by atoms with van der Waals surface area (Å²) in [5.41, 5.74) is 4.69. The van der Waals surface area contributed by atoms with Crippen LogP contribution >= 0.6 is 22.9 Å². The highest BCUT2D eigenvalue weighted by atomic mass is 35.5. The van der Waals surface area contributed by atoms with Gasteiger partial charge in [-0.25, -0.2) is 9.37 Å². The second kappa shape index (κ2) is 10.0. The summed E-state index contributed by atoms with van der Waals surface area (Å²) in [5, 5.41) is 2.75. The van der Waals surface area contributed by atoms with Crippen molar-refractivity contribution in [1.82, 2.24) is 15.8 Å².